The van der Waals surface area contributed by atoms with E-state index in [0.29, 0.717) is 19.4 Å². The zero-order valence-corrected chi connectivity index (χ0v) is 13.2. The standard InChI is InChI=1S/C17H22N2O4/c1-23-10-9-15(17(21)22)19-16(20)8-4-5-12-11-18-14-7-3-2-6-13(12)14/h2-3,6-7,11,15,18H,4-5,8-10H2,1H3,(H,19,20)(H,21,22). The second kappa shape index (κ2) is 8.33. The van der Waals surface area contributed by atoms with Gasteiger partial charge in [-0.05, 0) is 24.5 Å². The van der Waals surface area contributed by atoms with Crippen molar-refractivity contribution in [2.24, 2.45) is 0 Å². The molecule has 23 heavy (non-hydrogen) atoms. The smallest absolute Gasteiger partial charge is 0.326 e. The summed E-state index contributed by atoms with van der Waals surface area (Å²) in [6.07, 6.45) is 3.97. The number of aryl methyl sites for hydroxylation is 1. The molecule has 6 nitrogen and oxygen atoms in total. The van der Waals surface area contributed by atoms with Crippen molar-refractivity contribution in [3.8, 4) is 0 Å². The van der Waals surface area contributed by atoms with Crippen LogP contribution >= 0.6 is 0 Å². The first-order valence-corrected chi connectivity index (χ1v) is 7.68. The first kappa shape index (κ1) is 17.0. The summed E-state index contributed by atoms with van der Waals surface area (Å²) < 4.78 is 4.86. The summed E-state index contributed by atoms with van der Waals surface area (Å²) in [6, 6.07) is 7.13. The number of nitrogens with one attached hydrogen (secondary N) is 2. The second-order valence-corrected chi connectivity index (χ2v) is 5.45. The molecule has 0 spiro atoms. The van der Waals surface area contributed by atoms with Crippen molar-refractivity contribution in [3.63, 3.8) is 0 Å². The molecule has 0 saturated carbocycles. The van der Waals surface area contributed by atoms with Gasteiger partial charge in [0.2, 0.25) is 5.91 Å². The molecule has 124 valence electrons. The van der Waals surface area contributed by atoms with Crippen LogP contribution in [0.1, 0.15) is 24.8 Å². The number of ether oxygens (including phenoxy) is 1. The van der Waals surface area contributed by atoms with Gasteiger partial charge in [0, 0.05) is 43.7 Å². The Morgan fingerprint density at radius 3 is 2.87 bits per heavy atom. The molecule has 1 aromatic heterocycles. The Labute approximate surface area is 134 Å². The monoisotopic (exact) mass is 318 g/mol. The number of fused-ring (bicyclic) bond motifs is 1. The molecule has 2 aromatic rings. The predicted octanol–water partition coefficient (Wildman–Crippen LogP) is 2.10. The molecule has 6 heteroatoms. The van der Waals surface area contributed by atoms with Gasteiger partial charge in [-0.1, -0.05) is 18.2 Å². The van der Waals surface area contributed by atoms with Crippen LogP contribution in [0.15, 0.2) is 30.5 Å². The van der Waals surface area contributed by atoms with Crippen molar-refractivity contribution in [2.45, 2.75) is 31.7 Å². The van der Waals surface area contributed by atoms with E-state index in [0.717, 1.165) is 17.3 Å². The molecular weight excluding hydrogens is 296 g/mol. The summed E-state index contributed by atoms with van der Waals surface area (Å²) in [6.45, 7) is 0.298. The van der Waals surface area contributed by atoms with Gasteiger partial charge in [-0.25, -0.2) is 4.79 Å². The summed E-state index contributed by atoms with van der Waals surface area (Å²) in [5.41, 5.74) is 2.25. The van der Waals surface area contributed by atoms with E-state index in [-0.39, 0.29) is 12.3 Å². The summed E-state index contributed by atoms with van der Waals surface area (Å²) in [7, 11) is 1.50. The highest BCUT2D eigenvalue weighted by Crippen LogP contribution is 2.19. The number of para-hydroxylation sites is 1. The number of hydrogen-bond donors (Lipinski definition) is 3. The van der Waals surface area contributed by atoms with Gasteiger partial charge in [-0.3, -0.25) is 4.79 Å². The SMILES string of the molecule is COCCC(NC(=O)CCCc1c[nH]c2ccccc12)C(=O)O. The van der Waals surface area contributed by atoms with Gasteiger partial charge >= 0.3 is 5.97 Å². The molecule has 1 unspecified atom stereocenters. The second-order valence-electron chi connectivity index (χ2n) is 5.45. The van der Waals surface area contributed by atoms with Crippen LogP contribution < -0.4 is 5.32 Å². The number of rotatable bonds is 9. The van der Waals surface area contributed by atoms with Gasteiger partial charge in [0.15, 0.2) is 0 Å². The number of carboxylic acid groups (broad SMARTS) is 1. The highest BCUT2D eigenvalue weighted by molar-refractivity contribution is 5.84. The van der Waals surface area contributed by atoms with Crippen LogP contribution in [-0.4, -0.2) is 41.7 Å². The molecule has 1 amide bonds. The van der Waals surface area contributed by atoms with Crippen molar-refractivity contribution >= 4 is 22.8 Å². The number of carbonyl (C=O) groups excluding carboxylic acids is 1. The maximum atomic E-state index is 11.9. The third-order valence-electron chi connectivity index (χ3n) is 3.77. The van der Waals surface area contributed by atoms with Gasteiger partial charge in [-0.15, -0.1) is 0 Å². The molecular formula is C17H22N2O4. The number of benzene rings is 1. The van der Waals surface area contributed by atoms with E-state index in [2.05, 4.69) is 10.3 Å². The Balaban J connectivity index is 1.81. The van der Waals surface area contributed by atoms with Crippen LogP contribution in [0.5, 0.6) is 0 Å². The van der Waals surface area contributed by atoms with Crippen molar-refractivity contribution in [1.82, 2.24) is 10.3 Å². The van der Waals surface area contributed by atoms with Gasteiger partial charge in [-0.2, -0.15) is 0 Å². The van der Waals surface area contributed by atoms with E-state index in [1.165, 1.54) is 12.7 Å². The fraction of sp³-hybridized carbons (Fsp3) is 0.412. The molecule has 0 aliphatic rings. The van der Waals surface area contributed by atoms with Crippen LogP contribution in [-0.2, 0) is 20.7 Å². The minimum absolute atomic E-state index is 0.242. The summed E-state index contributed by atoms with van der Waals surface area (Å²) in [5, 5.41) is 12.8. The van der Waals surface area contributed by atoms with Crippen LogP contribution in [0.3, 0.4) is 0 Å². The van der Waals surface area contributed by atoms with E-state index in [1.807, 2.05) is 30.5 Å². The summed E-state index contributed by atoms with van der Waals surface area (Å²) >= 11 is 0. The van der Waals surface area contributed by atoms with E-state index < -0.39 is 12.0 Å². The molecule has 0 fully saturated rings. The molecule has 2 rings (SSSR count). The lowest BCUT2D eigenvalue weighted by Crippen LogP contribution is -2.41. The number of aromatic nitrogens is 1. The first-order valence-electron chi connectivity index (χ1n) is 7.68. The van der Waals surface area contributed by atoms with Crippen molar-refractivity contribution < 1.29 is 19.4 Å². The Morgan fingerprint density at radius 2 is 2.13 bits per heavy atom. The zero-order chi connectivity index (χ0) is 16.7. The normalized spacial score (nSPS) is 12.2. The van der Waals surface area contributed by atoms with Crippen molar-refractivity contribution in [2.75, 3.05) is 13.7 Å². The maximum Gasteiger partial charge on any atom is 0.326 e. The fourth-order valence-electron chi connectivity index (χ4n) is 2.54. The molecule has 0 aliphatic carbocycles. The molecule has 1 aromatic carbocycles. The van der Waals surface area contributed by atoms with Crippen molar-refractivity contribution in [3.05, 3.63) is 36.0 Å². The minimum Gasteiger partial charge on any atom is -0.480 e. The number of aromatic amines is 1. The number of carbonyl (C=O) groups is 2. The quantitative estimate of drug-likeness (QED) is 0.660. The lowest BCUT2D eigenvalue weighted by Gasteiger charge is -2.13. The number of methoxy groups -OCH3 is 1. The van der Waals surface area contributed by atoms with Crippen LogP contribution in [0, 0.1) is 0 Å². The Hall–Kier alpha value is -2.34. The van der Waals surface area contributed by atoms with Gasteiger partial charge in [0.05, 0.1) is 0 Å². The Bertz CT molecular complexity index is 665. The molecule has 3 N–H and O–H groups in total. The summed E-state index contributed by atoms with van der Waals surface area (Å²) in [5.74, 6) is -1.28. The number of H-pyrrole nitrogens is 1. The maximum absolute atomic E-state index is 11.9. The highest BCUT2D eigenvalue weighted by Gasteiger charge is 2.19. The van der Waals surface area contributed by atoms with Gasteiger partial charge in [0.1, 0.15) is 6.04 Å². The van der Waals surface area contributed by atoms with Crippen molar-refractivity contribution in [1.29, 1.82) is 0 Å². The highest BCUT2D eigenvalue weighted by atomic mass is 16.5. The van der Waals surface area contributed by atoms with E-state index >= 15 is 0 Å². The predicted molar refractivity (Wildman–Crippen MR) is 87.3 cm³/mol. The molecule has 0 saturated heterocycles. The number of aliphatic carboxylic acids is 1. The molecule has 1 heterocycles. The third kappa shape index (κ3) is 4.82. The minimum atomic E-state index is -1.04. The number of amides is 1. The van der Waals surface area contributed by atoms with Crippen LogP contribution in [0.25, 0.3) is 10.9 Å². The third-order valence-corrected chi connectivity index (χ3v) is 3.77. The molecule has 0 radical (unpaired) electrons. The van der Waals surface area contributed by atoms with E-state index in [4.69, 9.17) is 9.84 Å². The van der Waals surface area contributed by atoms with E-state index in [9.17, 15) is 9.59 Å². The largest absolute Gasteiger partial charge is 0.480 e. The average Bonchev–Trinajstić information content (AvgIpc) is 2.94. The first-order chi connectivity index (χ1) is 11.1. The average molecular weight is 318 g/mol. The fourth-order valence-corrected chi connectivity index (χ4v) is 2.54. The zero-order valence-electron chi connectivity index (χ0n) is 13.2. The topological polar surface area (TPSA) is 91.4 Å². The van der Waals surface area contributed by atoms with Crippen LogP contribution in [0.4, 0.5) is 0 Å². The Morgan fingerprint density at radius 1 is 1.35 bits per heavy atom. The van der Waals surface area contributed by atoms with Gasteiger partial charge < -0.3 is 20.1 Å². The molecule has 0 bridgehead atoms. The number of hydrogen-bond acceptors (Lipinski definition) is 3. The van der Waals surface area contributed by atoms with E-state index in [1.54, 1.807) is 0 Å². The lowest BCUT2D eigenvalue weighted by molar-refractivity contribution is -0.142. The van der Waals surface area contributed by atoms with Gasteiger partial charge in [0.25, 0.3) is 0 Å². The molecule has 0 aliphatic heterocycles. The summed E-state index contributed by atoms with van der Waals surface area (Å²) in [4.78, 5) is 26.2. The number of carboxylic acids is 1. The lowest BCUT2D eigenvalue weighted by atomic mass is 10.1. The Kier molecular flexibility index (Phi) is 6.17. The van der Waals surface area contributed by atoms with Crippen LogP contribution in [0.2, 0.25) is 0 Å². The molecule has 1 atom stereocenters.